The number of hydrogen-bond acceptors (Lipinski definition) is 7. The molecule has 2 amide bonds. The number of hydrogen-bond donors (Lipinski definition) is 3. The minimum Gasteiger partial charge on any atom is -0.492 e. The minimum atomic E-state index is -4.59. The molecule has 1 aromatic heterocycles. The highest BCUT2D eigenvalue weighted by Crippen LogP contribution is 2.63. The molecule has 9 nitrogen and oxygen atoms in total. The topological polar surface area (TPSA) is 105 Å². The van der Waals surface area contributed by atoms with Gasteiger partial charge in [-0.05, 0) is 56.2 Å². The van der Waals surface area contributed by atoms with Crippen molar-refractivity contribution in [1.29, 1.82) is 0 Å². The van der Waals surface area contributed by atoms with Crippen molar-refractivity contribution in [3.63, 3.8) is 0 Å². The van der Waals surface area contributed by atoms with E-state index in [4.69, 9.17) is 9.47 Å². The lowest BCUT2D eigenvalue weighted by Crippen LogP contribution is -2.53. The van der Waals surface area contributed by atoms with E-state index in [-0.39, 0.29) is 53.7 Å². The predicted octanol–water partition coefficient (Wildman–Crippen LogP) is 4.55. The van der Waals surface area contributed by atoms with E-state index in [0.717, 1.165) is 17.4 Å². The third-order valence-corrected chi connectivity index (χ3v) is 9.59. The monoisotopic (exact) mass is 623 g/mol. The molecule has 6 atom stereocenters. The third kappa shape index (κ3) is 5.58. The maximum Gasteiger partial charge on any atom is 0.416 e. The van der Waals surface area contributed by atoms with Crippen molar-refractivity contribution >= 4 is 17.6 Å². The fraction of sp³-hybridized carbons (Fsp3) is 0.485. The highest BCUT2D eigenvalue weighted by molar-refractivity contribution is 5.95. The van der Waals surface area contributed by atoms with Gasteiger partial charge in [0, 0.05) is 73.2 Å². The van der Waals surface area contributed by atoms with E-state index in [1.54, 1.807) is 12.3 Å². The molecule has 3 aliphatic heterocycles. The van der Waals surface area contributed by atoms with Gasteiger partial charge in [-0.15, -0.1) is 0 Å². The van der Waals surface area contributed by atoms with Gasteiger partial charge in [0.05, 0.1) is 11.6 Å². The Morgan fingerprint density at radius 3 is 2.71 bits per heavy atom. The van der Waals surface area contributed by atoms with Crippen LogP contribution in [-0.4, -0.2) is 59.0 Å². The SMILES string of the molecule is CC1CN(Cc2ccc(C(=O)N[C@H]3[C@H]4OC5=CC=C(Oc6ccnc7c6CCC(=O)N7)CC5(C)[C@@H]34)cc2C(F)(F)F)CC(C)N1. The van der Waals surface area contributed by atoms with Crippen molar-refractivity contribution in [2.24, 2.45) is 11.3 Å². The van der Waals surface area contributed by atoms with Crippen LogP contribution in [0.1, 0.15) is 60.7 Å². The molecule has 7 rings (SSSR count). The van der Waals surface area contributed by atoms with Crippen LogP contribution < -0.4 is 20.7 Å². The largest absolute Gasteiger partial charge is 0.492 e. The molecule has 0 bridgehead atoms. The van der Waals surface area contributed by atoms with E-state index < -0.39 is 23.1 Å². The number of piperazine rings is 1. The Bertz CT molecular complexity index is 1610. The molecule has 238 valence electrons. The van der Waals surface area contributed by atoms with Crippen LogP contribution in [0, 0.1) is 11.3 Å². The first-order valence-corrected chi connectivity index (χ1v) is 15.4. The van der Waals surface area contributed by atoms with Gasteiger partial charge >= 0.3 is 6.18 Å². The fourth-order valence-electron chi connectivity index (χ4n) is 7.56. The molecule has 3 fully saturated rings. The van der Waals surface area contributed by atoms with Crippen molar-refractivity contribution in [2.45, 2.75) is 77.0 Å². The number of ether oxygens (including phenoxy) is 2. The van der Waals surface area contributed by atoms with Crippen LogP contribution in [0.3, 0.4) is 0 Å². The van der Waals surface area contributed by atoms with E-state index >= 15 is 0 Å². The van der Waals surface area contributed by atoms with Crippen LogP contribution in [-0.2, 0) is 28.7 Å². The number of aromatic nitrogens is 1. The summed E-state index contributed by atoms with van der Waals surface area (Å²) in [6.07, 6.45) is 1.90. The van der Waals surface area contributed by atoms with Crippen LogP contribution in [0.2, 0.25) is 0 Å². The maximum absolute atomic E-state index is 14.2. The summed E-state index contributed by atoms with van der Waals surface area (Å²) in [6, 6.07) is 5.68. The van der Waals surface area contributed by atoms with E-state index in [1.807, 2.05) is 30.9 Å². The molecule has 0 radical (unpaired) electrons. The Morgan fingerprint density at radius 1 is 1.18 bits per heavy atom. The van der Waals surface area contributed by atoms with Gasteiger partial charge < -0.3 is 25.4 Å². The zero-order valence-corrected chi connectivity index (χ0v) is 25.3. The average Bonchev–Trinajstić information content (AvgIpc) is 3.55. The Kier molecular flexibility index (Phi) is 7.20. The Morgan fingerprint density at radius 2 is 1.96 bits per heavy atom. The van der Waals surface area contributed by atoms with E-state index in [2.05, 4.69) is 27.9 Å². The number of halogens is 3. The smallest absolute Gasteiger partial charge is 0.416 e. The average molecular weight is 624 g/mol. The second-order valence-corrected chi connectivity index (χ2v) is 13.2. The van der Waals surface area contributed by atoms with Crippen molar-refractivity contribution in [1.82, 2.24) is 20.5 Å². The van der Waals surface area contributed by atoms with Crippen molar-refractivity contribution in [3.8, 4) is 5.75 Å². The zero-order valence-electron chi connectivity index (χ0n) is 25.3. The lowest BCUT2D eigenvalue weighted by atomic mass is 9.77. The molecule has 2 saturated heterocycles. The summed E-state index contributed by atoms with van der Waals surface area (Å²) in [5, 5.41) is 9.12. The molecule has 3 unspecified atom stereocenters. The molecule has 5 aliphatic rings. The molecular weight excluding hydrogens is 587 g/mol. The normalized spacial score (nSPS) is 30.5. The van der Waals surface area contributed by atoms with E-state index in [1.165, 1.54) is 12.1 Å². The van der Waals surface area contributed by atoms with Crippen LogP contribution in [0.5, 0.6) is 5.75 Å². The van der Waals surface area contributed by atoms with Crippen molar-refractivity contribution in [2.75, 3.05) is 18.4 Å². The molecule has 4 heterocycles. The number of anilines is 1. The second-order valence-electron chi connectivity index (χ2n) is 13.2. The molecule has 0 spiro atoms. The summed E-state index contributed by atoms with van der Waals surface area (Å²) < 4.78 is 55.0. The lowest BCUT2D eigenvalue weighted by Gasteiger charge is -2.36. The zero-order chi connectivity index (χ0) is 31.7. The number of carbonyl (C=O) groups excluding carboxylic acids is 2. The number of allylic oxidation sites excluding steroid dienone is 4. The highest BCUT2D eigenvalue weighted by atomic mass is 19.4. The van der Waals surface area contributed by atoms with Gasteiger partial charge in [0.2, 0.25) is 5.91 Å². The summed E-state index contributed by atoms with van der Waals surface area (Å²) in [4.78, 5) is 31.3. The minimum absolute atomic E-state index is 0.0267. The van der Waals surface area contributed by atoms with Gasteiger partial charge in [-0.1, -0.05) is 13.0 Å². The Balaban J connectivity index is 1.03. The van der Waals surface area contributed by atoms with Crippen LogP contribution >= 0.6 is 0 Å². The molecule has 2 aromatic rings. The molecule has 45 heavy (non-hydrogen) atoms. The summed E-state index contributed by atoms with van der Waals surface area (Å²) in [5.41, 5.74) is -0.256. The first-order valence-electron chi connectivity index (χ1n) is 15.4. The van der Waals surface area contributed by atoms with Gasteiger partial charge in [0.25, 0.3) is 5.91 Å². The summed E-state index contributed by atoms with van der Waals surface area (Å²) in [7, 11) is 0. The number of nitrogens with one attached hydrogen (secondary N) is 3. The Labute approximate surface area is 259 Å². The van der Waals surface area contributed by atoms with Gasteiger partial charge in [-0.2, -0.15) is 13.2 Å². The standard InChI is InChI=1S/C33H36F3N5O4/c1-17-14-41(15-18(2)38-17)16-20-5-4-19(12-23(20)33(34,35)36)31(43)40-28-27-29(28)45-25-8-6-21(13-32(25,27)3)44-24-10-11-37-30-22(24)7-9-26(42)39-30/h4-6,8,10-12,17-18,27-29,38H,7,9,13-16H2,1-3H3,(H,40,43)(H,37,39,42)/t17?,18?,27-,28+,29-,32?/m0/s1. The van der Waals surface area contributed by atoms with Crippen LogP contribution in [0.15, 0.2) is 54.1 Å². The van der Waals surface area contributed by atoms with Crippen molar-refractivity contribution in [3.05, 3.63) is 76.4 Å². The molecule has 3 N–H and O–H groups in total. The molecule has 1 aromatic carbocycles. The van der Waals surface area contributed by atoms with Gasteiger partial charge in [0.15, 0.2) is 0 Å². The Hall–Kier alpha value is -3.90. The number of benzene rings is 1. The first-order chi connectivity index (χ1) is 21.4. The summed E-state index contributed by atoms with van der Waals surface area (Å²) in [5.74, 6) is 1.97. The third-order valence-electron chi connectivity index (χ3n) is 9.59. The number of fused-ring (bicyclic) bond motifs is 4. The van der Waals surface area contributed by atoms with Gasteiger partial charge in [-0.3, -0.25) is 14.5 Å². The molecule has 1 saturated carbocycles. The highest BCUT2D eigenvalue weighted by Gasteiger charge is 2.69. The second kappa shape index (κ2) is 10.9. The van der Waals surface area contributed by atoms with Gasteiger partial charge in [-0.25, -0.2) is 4.98 Å². The number of amides is 2. The molecule has 12 heteroatoms. The number of rotatable bonds is 6. The lowest BCUT2D eigenvalue weighted by molar-refractivity contribution is -0.138. The van der Waals surface area contributed by atoms with Crippen molar-refractivity contribution < 1.29 is 32.2 Å². The van der Waals surface area contributed by atoms with Crippen LogP contribution in [0.4, 0.5) is 19.0 Å². The fourth-order valence-corrected chi connectivity index (χ4v) is 7.56. The number of alkyl halides is 3. The van der Waals surface area contributed by atoms with E-state index in [0.29, 0.717) is 49.7 Å². The maximum atomic E-state index is 14.2. The van der Waals surface area contributed by atoms with Gasteiger partial charge in [0.1, 0.15) is 29.2 Å². The number of carbonyl (C=O) groups is 2. The number of nitrogens with zero attached hydrogens (tertiary/aromatic N) is 2. The quantitative estimate of drug-likeness (QED) is 0.434. The summed E-state index contributed by atoms with van der Waals surface area (Å²) >= 11 is 0. The summed E-state index contributed by atoms with van der Waals surface area (Å²) in [6.45, 7) is 7.55. The number of pyridine rings is 1. The van der Waals surface area contributed by atoms with Crippen LogP contribution in [0.25, 0.3) is 0 Å². The molecule has 2 aliphatic carbocycles. The predicted molar refractivity (Wildman–Crippen MR) is 159 cm³/mol. The first kappa shape index (κ1) is 29.8. The van der Waals surface area contributed by atoms with E-state index in [9.17, 15) is 22.8 Å². The molecular formula is C33H36F3N5O4.